The molecule has 3 N–H and O–H groups in total. The molecule has 2 rings (SSSR count). The SMILES string of the molecule is NC(=O)c1cc(C(F)(F)F)ccc1OCC1CCNCC1. The van der Waals surface area contributed by atoms with Gasteiger partial charge in [-0.25, -0.2) is 0 Å². The van der Waals surface area contributed by atoms with Crippen molar-refractivity contribution in [2.45, 2.75) is 19.0 Å². The van der Waals surface area contributed by atoms with Crippen LogP contribution in [0.5, 0.6) is 5.75 Å². The fourth-order valence-electron chi connectivity index (χ4n) is 2.28. The fraction of sp³-hybridized carbons (Fsp3) is 0.500. The van der Waals surface area contributed by atoms with Crippen molar-refractivity contribution < 1.29 is 22.7 Å². The van der Waals surface area contributed by atoms with Crippen molar-refractivity contribution in [1.82, 2.24) is 5.32 Å². The summed E-state index contributed by atoms with van der Waals surface area (Å²) in [4.78, 5) is 11.3. The Hall–Kier alpha value is -1.76. The summed E-state index contributed by atoms with van der Waals surface area (Å²) < 4.78 is 43.4. The highest BCUT2D eigenvalue weighted by molar-refractivity contribution is 5.95. The van der Waals surface area contributed by atoms with Crippen LogP contribution in [0.25, 0.3) is 0 Å². The molecule has 1 saturated heterocycles. The zero-order valence-electron chi connectivity index (χ0n) is 11.4. The Morgan fingerprint density at radius 2 is 2.00 bits per heavy atom. The van der Waals surface area contributed by atoms with Crippen molar-refractivity contribution >= 4 is 5.91 Å². The number of hydrogen-bond acceptors (Lipinski definition) is 3. The third-order valence-electron chi connectivity index (χ3n) is 3.51. The highest BCUT2D eigenvalue weighted by Crippen LogP contribution is 2.32. The molecule has 0 spiro atoms. The molecule has 1 aliphatic heterocycles. The monoisotopic (exact) mass is 302 g/mol. The summed E-state index contributed by atoms with van der Waals surface area (Å²) in [6, 6.07) is 2.79. The second-order valence-corrected chi connectivity index (χ2v) is 5.08. The summed E-state index contributed by atoms with van der Waals surface area (Å²) in [5.74, 6) is -0.496. The van der Waals surface area contributed by atoms with Gasteiger partial charge in [0.2, 0.25) is 0 Å². The van der Waals surface area contributed by atoms with Gasteiger partial charge in [0, 0.05) is 0 Å². The maximum atomic E-state index is 12.6. The molecule has 1 heterocycles. The van der Waals surface area contributed by atoms with Gasteiger partial charge in [0.1, 0.15) is 5.75 Å². The van der Waals surface area contributed by atoms with Crippen molar-refractivity contribution in [2.75, 3.05) is 19.7 Å². The van der Waals surface area contributed by atoms with Crippen molar-refractivity contribution in [3.05, 3.63) is 29.3 Å². The van der Waals surface area contributed by atoms with E-state index in [1.165, 1.54) is 0 Å². The van der Waals surface area contributed by atoms with Gasteiger partial charge in [-0.15, -0.1) is 0 Å². The number of alkyl halides is 3. The maximum absolute atomic E-state index is 12.6. The first-order valence-electron chi connectivity index (χ1n) is 6.72. The van der Waals surface area contributed by atoms with Crippen LogP contribution in [0.15, 0.2) is 18.2 Å². The quantitative estimate of drug-likeness (QED) is 0.896. The van der Waals surface area contributed by atoms with Gasteiger partial charge in [0.15, 0.2) is 0 Å². The fourth-order valence-corrected chi connectivity index (χ4v) is 2.28. The second kappa shape index (κ2) is 6.34. The minimum Gasteiger partial charge on any atom is -0.492 e. The molecule has 0 atom stereocenters. The van der Waals surface area contributed by atoms with Gasteiger partial charge in [-0.2, -0.15) is 13.2 Å². The summed E-state index contributed by atoms with van der Waals surface area (Å²) in [6.07, 6.45) is -2.64. The van der Waals surface area contributed by atoms with Crippen LogP contribution in [0.4, 0.5) is 13.2 Å². The number of carbonyl (C=O) groups is 1. The molecule has 1 aromatic rings. The van der Waals surface area contributed by atoms with E-state index in [1.54, 1.807) is 0 Å². The Morgan fingerprint density at radius 1 is 1.33 bits per heavy atom. The number of halogens is 3. The lowest BCUT2D eigenvalue weighted by atomic mass is 9.99. The van der Waals surface area contributed by atoms with E-state index < -0.39 is 17.6 Å². The van der Waals surface area contributed by atoms with Crippen LogP contribution in [-0.2, 0) is 6.18 Å². The largest absolute Gasteiger partial charge is 0.492 e. The molecule has 1 fully saturated rings. The number of ether oxygens (including phenoxy) is 1. The van der Waals surface area contributed by atoms with Crippen molar-refractivity contribution in [3.63, 3.8) is 0 Å². The van der Waals surface area contributed by atoms with Crippen molar-refractivity contribution in [1.29, 1.82) is 0 Å². The predicted octanol–water partition coefficient (Wildman–Crippen LogP) is 2.18. The van der Waals surface area contributed by atoms with E-state index in [2.05, 4.69) is 5.32 Å². The number of carbonyl (C=O) groups excluding carboxylic acids is 1. The smallest absolute Gasteiger partial charge is 0.416 e. The van der Waals surface area contributed by atoms with Crippen LogP contribution in [0, 0.1) is 5.92 Å². The average Bonchev–Trinajstić information content (AvgIpc) is 2.45. The van der Waals surface area contributed by atoms with Crippen LogP contribution in [0.3, 0.4) is 0 Å². The highest BCUT2D eigenvalue weighted by atomic mass is 19.4. The van der Waals surface area contributed by atoms with Crippen molar-refractivity contribution in [2.24, 2.45) is 11.7 Å². The summed E-state index contributed by atoms with van der Waals surface area (Å²) in [5, 5.41) is 3.21. The number of primary amides is 1. The molecule has 0 aliphatic carbocycles. The normalized spacial score (nSPS) is 16.7. The first-order valence-corrected chi connectivity index (χ1v) is 6.72. The topological polar surface area (TPSA) is 64.4 Å². The standard InChI is InChI=1S/C14H17F3N2O2/c15-14(16,17)10-1-2-12(11(7-10)13(18)20)21-8-9-3-5-19-6-4-9/h1-2,7,9,19H,3-6,8H2,(H2,18,20). The molecule has 0 radical (unpaired) electrons. The van der Waals surface area contributed by atoms with Crippen LogP contribution >= 0.6 is 0 Å². The number of nitrogens with two attached hydrogens (primary N) is 1. The molecular formula is C14H17F3N2O2. The predicted molar refractivity (Wildman–Crippen MR) is 71.1 cm³/mol. The molecule has 1 aromatic carbocycles. The van der Waals surface area contributed by atoms with Crippen molar-refractivity contribution in [3.8, 4) is 5.75 Å². The lowest BCUT2D eigenvalue weighted by Gasteiger charge is -2.23. The van der Waals surface area contributed by atoms with E-state index in [4.69, 9.17) is 10.5 Å². The molecule has 1 aliphatic rings. The highest BCUT2D eigenvalue weighted by Gasteiger charge is 2.31. The minimum absolute atomic E-state index is 0.106. The Balaban J connectivity index is 2.12. The number of amides is 1. The van der Waals surface area contributed by atoms with Gasteiger partial charge in [-0.1, -0.05) is 0 Å². The summed E-state index contributed by atoms with van der Waals surface area (Å²) >= 11 is 0. The summed E-state index contributed by atoms with van der Waals surface area (Å²) in [7, 11) is 0. The number of rotatable bonds is 4. The maximum Gasteiger partial charge on any atom is 0.416 e. The number of benzene rings is 1. The van der Waals surface area contributed by atoms with Crippen LogP contribution < -0.4 is 15.8 Å². The molecule has 0 unspecified atom stereocenters. The number of hydrogen-bond donors (Lipinski definition) is 2. The third kappa shape index (κ3) is 4.10. The molecular weight excluding hydrogens is 285 g/mol. The summed E-state index contributed by atoms with van der Waals surface area (Å²) in [5.41, 5.74) is 3.99. The summed E-state index contributed by atoms with van der Waals surface area (Å²) in [6.45, 7) is 2.15. The van der Waals surface area contributed by atoms with Crippen LogP contribution in [-0.4, -0.2) is 25.6 Å². The molecule has 4 nitrogen and oxygen atoms in total. The zero-order valence-corrected chi connectivity index (χ0v) is 11.4. The van der Waals surface area contributed by atoms with E-state index in [0.29, 0.717) is 12.5 Å². The molecule has 1 amide bonds. The third-order valence-corrected chi connectivity index (χ3v) is 3.51. The lowest BCUT2D eigenvalue weighted by Crippen LogP contribution is -2.30. The van der Waals surface area contributed by atoms with Gasteiger partial charge >= 0.3 is 6.18 Å². The minimum atomic E-state index is -4.52. The van der Waals surface area contributed by atoms with E-state index in [-0.39, 0.29) is 11.3 Å². The molecule has 0 aromatic heterocycles. The Bertz CT molecular complexity index is 511. The van der Waals surface area contributed by atoms with Gasteiger partial charge < -0.3 is 15.8 Å². The molecule has 0 saturated carbocycles. The Morgan fingerprint density at radius 3 is 2.57 bits per heavy atom. The number of nitrogens with one attached hydrogen (secondary N) is 1. The Labute approximate surface area is 120 Å². The van der Waals surface area contributed by atoms with E-state index in [1.807, 2.05) is 0 Å². The van der Waals surface area contributed by atoms with E-state index in [9.17, 15) is 18.0 Å². The van der Waals surface area contributed by atoms with Gasteiger partial charge in [-0.3, -0.25) is 4.79 Å². The zero-order chi connectivity index (χ0) is 15.5. The molecule has 0 bridgehead atoms. The van der Waals surface area contributed by atoms with Gasteiger partial charge in [0.05, 0.1) is 17.7 Å². The van der Waals surface area contributed by atoms with Gasteiger partial charge in [-0.05, 0) is 50.0 Å². The molecule has 116 valence electrons. The van der Waals surface area contributed by atoms with Crippen LogP contribution in [0.2, 0.25) is 0 Å². The average molecular weight is 302 g/mol. The molecule has 21 heavy (non-hydrogen) atoms. The van der Waals surface area contributed by atoms with E-state index >= 15 is 0 Å². The first-order chi connectivity index (χ1) is 9.88. The second-order valence-electron chi connectivity index (χ2n) is 5.08. The number of piperidine rings is 1. The Kier molecular flexibility index (Phi) is 4.72. The van der Waals surface area contributed by atoms with Crippen LogP contribution in [0.1, 0.15) is 28.8 Å². The molecule has 7 heteroatoms. The lowest BCUT2D eigenvalue weighted by molar-refractivity contribution is -0.137. The first kappa shape index (κ1) is 15.6. The van der Waals surface area contributed by atoms with E-state index in [0.717, 1.165) is 44.1 Å². The van der Waals surface area contributed by atoms with Gasteiger partial charge in [0.25, 0.3) is 5.91 Å².